The third-order valence-corrected chi connectivity index (χ3v) is 4.31. The standard InChI is InChI=1S/C13H14F3NO2S/c14-13(15,16)6-8-20(19)9-12(18)17-7-5-10-3-1-2-4-11(10)17/h1-4H,5-9H2. The van der Waals surface area contributed by atoms with Crippen LogP contribution in [-0.4, -0.2) is 34.3 Å². The van der Waals surface area contributed by atoms with Gasteiger partial charge in [-0.15, -0.1) is 0 Å². The van der Waals surface area contributed by atoms with Gasteiger partial charge < -0.3 is 4.90 Å². The molecule has 0 spiro atoms. The summed E-state index contributed by atoms with van der Waals surface area (Å²) in [4.78, 5) is 13.5. The Morgan fingerprint density at radius 2 is 2.00 bits per heavy atom. The quantitative estimate of drug-likeness (QED) is 0.856. The Bertz CT molecular complexity index is 531. The summed E-state index contributed by atoms with van der Waals surface area (Å²) in [6.45, 7) is 0.495. The highest BCUT2D eigenvalue weighted by Gasteiger charge is 2.29. The topological polar surface area (TPSA) is 37.4 Å². The van der Waals surface area contributed by atoms with Crippen molar-refractivity contribution in [1.82, 2.24) is 0 Å². The molecule has 1 aromatic carbocycles. The monoisotopic (exact) mass is 305 g/mol. The van der Waals surface area contributed by atoms with Crippen molar-refractivity contribution in [2.24, 2.45) is 0 Å². The van der Waals surface area contributed by atoms with Crippen molar-refractivity contribution in [3.8, 4) is 0 Å². The fourth-order valence-electron chi connectivity index (χ4n) is 2.11. The number of amides is 1. The minimum absolute atomic E-state index is 0.357. The van der Waals surface area contributed by atoms with Crippen molar-refractivity contribution in [2.75, 3.05) is 23.0 Å². The third-order valence-electron chi connectivity index (χ3n) is 3.09. The minimum Gasteiger partial charge on any atom is -0.311 e. The van der Waals surface area contributed by atoms with Crippen molar-refractivity contribution in [3.63, 3.8) is 0 Å². The van der Waals surface area contributed by atoms with Crippen molar-refractivity contribution in [3.05, 3.63) is 29.8 Å². The second kappa shape index (κ2) is 5.95. The number of para-hydroxylation sites is 1. The maximum atomic E-state index is 12.0. The summed E-state index contributed by atoms with van der Waals surface area (Å²) in [5.41, 5.74) is 1.80. The van der Waals surface area contributed by atoms with Gasteiger partial charge in [0.25, 0.3) is 0 Å². The molecule has 0 radical (unpaired) electrons. The van der Waals surface area contributed by atoms with Gasteiger partial charge in [-0.25, -0.2) is 0 Å². The highest BCUT2D eigenvalue weighted by atomic mass is 32.2. The lowest BCUT2D eigenvalue weighted by Gasteiger charge is -2.17. The SMILES string of the molecule is O=C(CS(=O)CCC(F)(F)F)N1CCc2ccccc21. The number of anilines is 1. The first-order valence-corrected chi connectivity index (χ1v) is 7.65. The lowest BCUT2D eigenvalue weighted by Crippen LogP contribution is -2.33. The van der Waals surface area contributed by atoms with Gasteiger partial charge in [0.05, 0.1) is 6.42 Å². The first kappa shape index (κ1) is 15.0. The molecule has 7 heteroatoms. The second-order valence-corrected chi connectivity index (χ2v) is 6.15. The van der Waals surface area contributed by atoms with Crippen LogP contribution >= 0.6 is 0 Å². The highest BCUT2D eigenvalue weighted by Crippen LogP contribution is 2.27. The van der Waals surface area contributed by atoms with Crippen molar-refractivity contribution < 1.29 is 22.2 Å². The van der Waals surface area contributed by atoms with Gasteiger partial charge in [-0.2, -0.15) is 13.2 Å². The van der Waals surface area contributed by atoms with E-state index in [1.54, 1.807) is 12.1 Å². The molecule has 110 valence electrons. The van der Waals surface area contributed by atoms with Crippen molar-refractivity contribution >= 4 is 22.4 Å². The molecule has 0 aliphatic carbocycles. The number of benzene rings is 1. The van der Waals surface area contributed by atoms with Gasteiger partial charge in [-0.1, -0.05) is 18.2 Å². The fraction of sp³-hybridized carbons (Fsp3) is 0.462. The predicted molar refractivity (Wildman–Crippen MR) is 71.0 cm³/mol. The molecule has 1 aromatic rings. The molecule has 1 amide bonds. The van der Waals surface area contributed by atoms with E-state index in [2.05, 4.69) is 0 Å². The second-order valence-electron chi connectivity index (χ2n) is 4.58. The Balaban J connectivity index is 1.92. The van der Waals surface area contributed by atoms with Crippen LogP contribution in [0.5, 0.6) is 0 Å². The predicted octanol–water partition coefficient (Wildman–Crippen LogP) is 2.28. The fourth-order valence-corrected chi connectivity index (χ4v) is 3.15. The summed E-state index contributed by atoms with van der Waals surface area (Å²) in [6, 6.07) is 7.36. The van der Waals surface area contributed by atoms with Crippen LogP contribution in [0.4, 0.5) is 18.9 Å². The largest absolute Gasteiger partial charge is 0.390 e. The van der Waals surface area contributed by atoms with Gasteiger partial charge in [0.2, 0.25) is 5.91 Å². The number of alkyl halides is 3. The molecule has 2 rings (SSSR count). The normalized spacial score (nSPS) is 16.1. The smallest absolute Gasteiger partial charge is 0.311 e. The molecule has 0 N–H and O–H groups in total. The van der Waals surface area contributed by atoms with Crippen LogP contribution in [-0.2, 0) is 22.0 Å². The zero-order valence-corrected chi connectivity index (χ0v) is 11.5. The summed E-state index contributed by atoms with van der Waals surface area (Å²) in [6.07, 6.45) is -4.74. The van der Waals surface area contributed by atoms with E-state index in [9.17, 15) is 22.2 Å². The number of carbonyl (C=O) groups is 1. The molecule has 1 unspecified atom stereocenters. The van der Waals surface area contributed by atoms with Crippen molar-refractivity contribution in [2.45, 2.75) is 19.0 Å². The molecule has 0 bridgehead atoms. The lowest BCUT2D eigenvalue weighted by molar-refractivity contribution is -0.130. The molecule has 0 fully saturated rings. The first-order valence-electron chi connectivity index (χ1n) is 6.17. The van der Waals surface area contributed by atoms with E-state index in [1.807, 2.05) is 12.1 Å². The minimum atomic E-state index is -4.33. The number of rotatable bonds is 4. The maximum Gasteiger partial charge on any atom is 0.390 e. The summed E-state index contributed by atoms with van der Waals surface area (Å²) in [7, 11) is -1.78. The molecule has 1 aliphatic rings. The van der Waals surface area contributed by atoms with Gasteiger partial charge in [0, 0.05) is 28.8 Å². The summed E-state index contributed by atoms with van der Waals surface area (Å²) in [5.74, 6) is -1.26. The van der Waals surface area contributed by atoms with Crippen LogP contribution in [0.1, 0.15) is 12.0 Å². The Morgan fingerprint density at radius 1 is 1.30 bits per heavy atom. The first-order chi connectivity index (χ1) is 9.37. The Labute approximate surface area is 117 Å². The van der Waals surface area contributed by atoms with Gasteiger partial charge in [0.15, 0.2) is 0 Å². The molecule has 1 heterocycles. The maximum absolute atomic E-state index is 12.0. The van der Waals surface area contributed by atoms with Crippen molar-refractivity contribution in [1.29, 1.82) is 0 Å². The summed E-state index contributed by atoms with van der Waals surface area (Å²) in [5, 5.41) is 0. The number of fused-ring (bicyclic) bond motifs is 1. The van der Waals surface area contributed by atoms with E-state index in [1.165, 1.54) is 4.90 Å². The molecular formula is C13H14F3NO2S. The zero-order chi connectivity index (χ0) is 14.8. The van der Waals surface area contributed by atoms with Gasteiger partial charge in [0.1, 0.15) is 5.75 Å². The molecule has 3 nitrogen and oxygen atoms in total. The van der Waals surface area contributed by atoms with Crippen LogP contribution in [0.2, 0.25) is 0 Å². The van der Waals surface area contributed by atoms with Crippen LogP contribution < -0.4 is 4.90 Å². The molecule has 20 heavy (non-hydrogen) atoms. The third kappa shape index (κ3) is 3.82. The van der Waals surface area contributed by atoms with Crippen LogP contribution in [0, 0.1) is 0 Å². The summed E-state index contributed by atoms with van der Waals surface area (Å²) >= 11 is 0. The number of carbonyl (C=O) groups excluding carboxylic acids is 1. The average Bonchev–Trinajstić information content (AvgIpc) is 2.79. The Kier molecular flexibility index (Phi) is 4.47. The van der Waals surface area contributed by atoms with Crippen LogP contribution in [0.25, 0.3) is 0 Å². The van der Waals surface area contributed by atoms with E-state index in [0.717, 1.165) is 17.7 Å². The van der Waals surface area contributed by atoms with Gasteiger partial charge in [-0.3, -0.25) is 9.00 Å². The summed E-state index contributed by atoms with van der Waals surface area (Å²) < 4.78 is 47.6. The number of hydrogen-bond acceptors (Lipinski definition) is 2. The van der Waals surface area contributed by atoms with Crippen LogP contribution in [0.3, 0.4) is 0 Å². The Hall–Kier alpha value is -1.37. The number of nitrogens with zero attached hydrogens (tertiary/aromatic N) is 1. The number of halogens is 3. The van der Waals surface area contributed by atoms with E-state index < -0.39 is 29.1 Å². The number of hydrogen-bond donors (Lipinski definition) is 0. The van der Waals surface area contributed by atoms with E-state index in [0.29, 0.717) is 6.54 Å². The molecule has 0 saturated heterocycles. The van der Waals surface area contributed by atoms with Crippen LogP contribution in [0.15, 0.2) is 24.3 Å². The average molecular weight is 305 g/mol. The highest BCUT2D eigenvalue weighted by molar-refractivity contribution is 7.85. The molecule has 1 aliphatic heterocycles. The zero-order valence-electron chi connectivity index (χ0n) is 10.7. The van der Waals surface area contributed by atoms with Gasteiger partial charge >= 0.3 is 6.18 Å². The molecule has 0 aromatic heterocycles. The van der Waals surface area contributed by atoms with E-state index >= 15 is 0 Å². The molecule has 1 atom stereocenters. The van der Waals surface area contributed by atoms with Gasteiger partial charge in [-0.05, 0) is 18.1 Å². The lowest BCUT2D eigenvalue weighted by atomic mass is 10.2. The van der Waals surface area contributed by atoms with E-state index in [4.69, 9.17) is 0 Å². The molecule has 0 saturated carbocycles. The molecular weight excluding hydrogens is 291 g/mol. The Morgan fingerprint density at radius 3 is 2.70 bits per heavy atom. The van der Waals surface area contributed by atoms with E-state index in [-0.39, 0.29) is 11.7 Å².